The van der Waals surface area contributed by atoms with Crippen LogP contribution in [0.4, 0.5) is 0 Å². The Labute approximate surface area is 263 Å². The highest BCUT2D eigenvalue weighted by atomic mass is 35.5. The smallest absolute Gasteiger partial charge is 0.334 e. The number of carbonyl (C=O) groups is 6. The largest absolute Gasteiger partial charge is 0.454 e. The van der Waals surface area contributed by atoms with Gasteiger partial charge in [-0.15, -0.1) is 11.6 Å². The van der Waals surface area contributed by atoms with Crippen LogP contribution >= 0.6 is 11.6 Å². The van der Waals surface area contributed by atoms with Crippen LogP contribution in [0.3, 0.4) is 0 Å². The molecule has 0 aromatic rings. The summed E-state index contributed by atoms with van der Waals surface area (Å²) in [6, 6.07) is -5.66. The van der Waals surface area contributed by atoms with Crippen molar-refractivity contribution in [2.75, 3.05) is 19.8 Å². The van der Waals surface area contributed by atoms with Gasteiger partial charge in [-0.05, 0) is 47.0 Å². The fourth-order valence-electron chi connectivity index (χ4n) is 5.43. The lowest BCUT2D eigenvalue weighted by Gasteiger charge is -2.47. The fraction of sp³-hybridized carbons (Fsp3) is 0.731. The van der Waals surface area contributed by atoms with Gasteiger partial charge in [0.2, 0.25) is 11.8 Å². The molecule has 0 aromatic carbocycles. The summed E-state index contributed by atoms with van der Waals surface area (Å²) >= 11 is 6.39. The summed E-state index contributed by atoms with van der Waals surface area (Å²) in [5.41, 5.74) is 3.09. The van der Waals surface area contributed by atoms with Gasteiger partial charge in [0.25, 0.3) is 17.7 Å². The van der Waals surface area contributed by atoms with E-state index >= 15 is 0 Å². The van der Waals surface area contributed by atoms with Crippen molar-refractivity contribution in [3.8, 4) is 0 Å². The predicted molar refractivity (Wildman–Crippen MR) is 153 cm³/mol. The van der Waals surface area contributed by atoms with Crippen LogP contribution in [0.5, 0.6) is 0 Å². The Morgan fingerprint density at radius 1 is 1.04 bits per heavy atom. The highest BCUT2D eigenvalue weighted by Gasteiger charge is 2.49. The van der Waals surface area contributed by atoms with Gasteiger partial charge in [-0.3, -0.25) is 34.0 Å². The van der Waals surface area contributed by atoms with E-state index in [1.165, 1.54) is 6.92 Å². The first kappa shape index (κ1) is 34.5. The Bertz CT molecular complexity index is 1270. The molecule has 0 bridgehead atoms. The van der Waals surface area contributed by atoms with Gasteiger partial charge in [0.15, 0.2) is 18.2 Å². The Morgan fingerprint density at radius 3 is 2.40 bits per heavy atom. The van der Waals surface area contributed by atoms with Gasteiger partial charge in [-0.25, -0.2) is 20.7 Å². The third kappa shape index (κ3) is 7.05. The summed E-state index contributed by atoms with van der Waals surface area (Å²) in [7, 11) is 0. The molecular weight excluding hydrogens is 620 g/mol. The predicted octanol–water partition coefficient (Wildman–Crippen LogP) is -4.18. The number of ether oxygens (including phenoxy) is 1. The first-order valence-electron chi connectivity index (χ1n) is 14.4. The van der Waals surface area contributed by atoms with Crippen molar-refractivity contribution in [2.24, 2.45) is 5.10 Å². The van der Waals surface area contributed by atoms with Crippen molar-refractivity contribution in [3.63, 3.8) is 0 Å². The molecule has 3 fully saturated rings. The molecule has 0 radical (unpaired) electrons. The van der Waals surface area contributed by atoms with E-state index in [4.69, 9.17) is 16.3 Å². The third-order valence-corrected chi connectivity index (χ3v) is 8.47. The highest BCUT2D eigenvalue weighted by Crippen LogP contribution is 2.27. The quantitative estimate of drug-likeness (QED) is 0.105. The molecule has 8 atom stereocenters. The minimum Gasteiger partial charge on any atom is -0.454 e. The number of cyclic esters (lactones) is 1. The zero-order valence-electron chi connectivity index (χ0n) is 25.2. The normalized spacial score (nSPS) is 37.0. The summed E-state index contributed by atoms with van der Waals surface area (Å²) < 4.78 is 5.08. The molecular formula is C26H39ClN8O10. The minimum atomic E-state index is -2.08. The zero-order chi connectivity index (χ0) is 33.4. The lowest BCUT2D eigenvalue weighted by atomic mass is 9.91. The first-order chi connectivity index (χ1) is 21.0. The maximum atomic E-state index is 14.1. The lowest BCUT2D eigenvalue weighted by molar-refractivity contribution is -0.167. The number of nitrogens with zero attached hydrogens (tertiary/aromatic N) is 4. The molecule has 0 saturated carbocycles. The van der Waals surface area contributed by atoms with Crippen molar-refractivity contribution in [2.45, 2.75) is 99.8 Å². The molecule has 19 heteroatoms. The molecule has 4 aliphatic heterocycles. The molecule has 5 amide bonds. The van der Waals surface area contributed by atoms with Crippen LogP contribution in [0.2, 0.25) is 0 Å². The molecule has 4 rings (SSSR count). The molecule has 3 saturated heterocycles. The molecule has 0 aromatic heterocycles. The molecule has 0 spiro atoms. The fourth-order valence-corrected chi connectivity index (χ4v) is 5.67. The maximum absolute atomic E-state index is 14.1. The van der Waals surface area contributed by atoms with Gasteiger partial charge in [0.1, 0.15) is 30.3 Å². The number of hydrazone groups is 1. The molecule has 4 aliphatic rings. The van der Waals surface area contributed by atoms with Crippen LogP contribution in [-0.2, 0) is 33.5 Å². The maximum Gasteiger partial charge on any atom is 0.334 e. The molecule has 4 heterocycles. The molecule has 250 valence electrons. The average Bonchev–Trinajstić information content (AvgIpc) is 2.98. The second-order valence-electron chi connectivity index (χ2n) is 12.4. The van der Waals surface area contributed by atoms with Crippen LogP contribution in [0.25, 0.3) is 0 Å². The number of amides is 5. The van der Waals surface area contributed by atoms with E-state index in [2.05, 4.69) is 26.6 Å². The Balaban J connectivity index is 1.76. The summed E-state index contributed by atoms with van der Waals surface area (Å²) in [5, 5.41) is 41.4. The van der Waals surface area contributed by atoms with Crippen molar-refractivity contribution < 1.29 is 48.8 Å². The monoisotopic (exact) mass is 658 g/mol. The number of aliphatic hydroxyl groups excluding tert-OH is 3. The van der Waals surface area contributed by atoms with E-state index in [0.29, 0.717) is 11.4 Å². The summed E-state index contributed by atoms with van der Waals surface area (Å²) in [5.74, 6) is -5.71. The number of aliphatic hydroxyl groups is 3. The van der Waals surface area contributed by atoms with Gasteiger partial charge in [-0.2, -0.15) is 5.10 Å². The van der Waals surface area contributed by atoms with Crippen molar-refractivity contribution in [1.29, 1.82) is 0 Å². The Hall–Kier alpha value is -3.42. The number of nitrogens with one attached hydrogen (secondary N) is 4. The molecule has 0 aliphatic carbocycles. The van der Waals surface area contributed by atoms with E-state index < -0.39 is 102 Å². The second-order valence-corrected chi connectivity index (χ2v) is 13.0. The van der Waals surface area contributed by atoms with Crippen molar-refractivity contribution >= 4 is 53.3 Å². The van der Waals surface area contributed by atoms with Crippen molar-refractivity contribution in [3.05, 3.63) is 0 Å². The van der Waals surface area contributed by atoms with Gasteiger partial charge >= 0.3 is 5.97 Å². The SMILES string of the molecule is CC1NC(=O)C2C(O)C(O)C=NN2C(=O)COC(=O)C(C)(CO)NC(=O)C2CCC(C)(C)NN2C(=O)C2CC(Cl)CNN2C1=O. The van der Waals surface area contributed by atoms with Gasteiger partial charge in [-0.1, -0.05) is 0 Å². The zero-order valence-corrected chi connectivity index (χ0v) is 26.0. The number of esters is 1. The van der Waals surface area contributed by atoms with Crippen LogP contribution in [0.15, 0.2) is 5.10 Å². The highest BCUT2D eigenvalue weighted by molar-refractivity contribution is 6.21. The standard InChI is InChI=1S/C26H39ClN8O10/c1-12-22(42)33-15(7-13(27)8-28-33)23(43)34-14(5-6-25(2,3)32-34)20(40)31-26(4,11-36)24(44)45-10-17(38)35-18(21(41)30-12)19(39)16(37)9-29-35/h9,12-16,18-19,28,32,36-37,39H,5-8,10-11H2,1-4H3,(H,30,41)(H,31,40). The number of carbonyl (C=O) groups excluding carboxylic acids is 6. The number of hydrogen-bond donors (Lipinski definition) is 7. The van der Waals surface area contributed by atoms with Gasteiger partial charge in [0.05, 0.1) is 18.2 Å². The number of alkyl halides is 1. The van der Waals surface area contributed by atoms with Crippen LogP contribution in [0, 0.1) is 0 Å². The van der Waals surface area contributed by atoms with E-state index in [-0.39, 0.29) is 19.4 Å². The number of hydrazine groups is 2. The third-order valence-electron chi connectivity index (χ3n) is 8.14. The number of halogens is 1. The summed E-state index contributed by atoms with van der Waals surface area (Å²) in [6.07, 6.45) is -2.22. The van der Waals surface area contributed by atoms with Crippen LogP contribution in [0.1, 0.15) is 47.0 Å². The van der Waals surface area contributed by atoms with Crippen molar-refractivity contribution in [1.82, 2.24) is 36.5 Å². The average molecular weight is 659 g/mol. The van der Waals surface area contributed by atoms with E-state index in [0.717, 1.165) is 23.2 Å². The van der Waals surface area contributed by atoms with E-state index in [1.807, 2.05) is 0 Å². The lowest BCUT2D eigenvalue weighted by Crippen LogP contribution is -2.72. The van der Waals surface area contributed by atoms with Gasteiger partial charge in [0, 0.05) is 12.1 Å². The van der Waals surface area contributed by atoms with E-state index in [1.54, 1.807) is 13.8 Å². The molecule has 18 nitrogen and oxygen atoms in total. The number of hydrogen-bond acceptors (Lipinski definition) is 13. The first-order valence-corrected chi connectivity index (χ1v) is 14.9. The van der Waals surface area contributed by atoms with Crippen LogP contribution < -0.4 is 21.5 Å². The Kier molecular flexibility index (Phi) is 10.1. The van der Waals surface area contributed by atoms with Gasteiger partial charge < -0.3 is 30.7 Å². The Morgan fingerprint density at radius 2 is 1.73 bits per heavy atom. The summed E-state index contributed by atoms with van der Waals surface area (Å²) in [6.45, 7) is 4.17. The number of rotatable bonds is 1. The second kappa shape index (κ2) is 13.1. The molecule has 45 heavy (non-hydrogen) atoms. The molecule has 7 N–H and O–H groups in total. The van der Waals surface area contributed by atoms with Crippen LogP contribution in [-0.4, -0.2) is 145 Å². The topological polar surface area (TPSA) is 243 Å². The molecule has 8 unspecified atom stereocenters. The van der Waals surface area contributed by atoms with E-state index in [9.17, 15) is 44.1 Å². The number of fused-ring (bicyclic) bond motifs is 3. The summed E-state index contributed by atoms with van der Waals surface area (Å²) in [4.78, 5) is 81.0. The minimum absolute atomic E-state index is 0.0298.